The summed E-state index contributed by atoms with van der Waals surface area (Å²) in [5.74, 6) is -0.986. The van der Waals surface area contributed by atoms with E-state index in [0.717, 1.165) is 0 Å². The molecule has 8 heteroatoms. The Morgan fingerprint density at radius 2 is 2.00 bits per heavy atom. The summed E-state index contributed by atoms with van der Waals surface area (Å²) in [6.07, 6.45) is -7.49. The minimum Gasteiger partial charge on any atom is -0.404 e. The molecule has 0 spiro atoms. The summed E-state index contributed by atoms with van der Waals surface area (Å²) >= 11 is 0. The van der Waals surface area contributed by atoms with Crippen molar-refractivity contribution in [3.63, 3.8) is 0 Å². The second-order valence-corrected chi connectivity index (χ2v) is 2.57. The number of rotatable bonds is 2. The van der Waals surface area contributed by atoms with Crippen molar-refractivity contribution in [1.29, 1.82) is 5.26 Å². The van der Waals surface area contributed by atoms with Crippen LogP contribution >= 0.6 is 0 Å². The van der Waals surface area contributed by atoms with Crippen molar-refractivity contribution < 1.29 is 26.7 Å². The lowest BCUT2D eigenvalue weighted by molar-refractivity contribution is -0.274. The van der Waals surface area contributed by atoms with Gasteiger partial charge in [-0.15, -0.1) is 13.2 Å². The van der Waals surface area contributed by atoms with Gasteiger partial charge in [0.1, 0.15) is 17.3 Å². The summed E-state index contributed by atoms with van der Waals surface area (Å²) in [6.45, 7) is 0. The maximum Gasteiger partial charge on any atom is 0.573 e. The molecule has 0 N–H and O–H groups in total. The Morgan fingerprint density at radius 3 is 2.44 bits per heavy atom. The summed E-state index contributed by atoms with van der Waals surface area (Å²) in [6, 6.07) is 1.74. The average molecular weight is 238 g/mol. The fourth-order valence-corrected chi connectivity index (χ4v) is 0.864. The molecule has 0 aliphatic carbocycles. The summed E-state index contributed by atoms with van der Waals surface area (Å²) in [5.41, 5.74) is -1.46. The minimum atomic E-state index is -5.05. The fraction of sp³-hybridized carbons (Fsp3) is 0.250. The highest BCUT2D eigenvalue weighted by molar-refractivity contribution is 5.42. The van der Waals surface area contributed by atoms with Gasteiger partial charge in [0, 0.05) is 12.3 Å². The first-order valence-electron chi connectivity index (χ1n) is 3.77. The second kappa shape index (κ2) is 4.30. The number of ether oxygens (including phenoxy) is 1. The number of hydrogen-bond donors (Lipinski definition) is 0. The first-order chi connectivity index (χ1) is 7.33. The van der Waals surface area contributed by atoms with Gasteiger partial charge in [-0.1, -0.05) is 0 Å². The number of aromatic nitrogens is 1. The van der Waals surface area contributed by atoms with Crippen LogP contribution in [0.2, 0.25) is 0 Å². The normalized spacial score (nSPS) is 11.3. The number of nitrogens with zero attached hydrogens (tertiary/aromatic N) is 2. The fourth-order valence-electron chi connectivity index (χ4n) is 0.864. The van der Waals surface area contributed by atoms with E-state index in [2.05, 4.69) is 9.72 Å². The molecule has 16 heavy (non-hydrogen) atoms. The van der Waals surface area contributed by atoms with Gasteiger partial charge in [-0.3, -0.25) is 4.98 Å². The molecule has 1 rings (SSSR count). The molecule has 0 fully saturated rings. The minimum absolute atomic E-state index is 0.386. The van der Waals surface area contributed by atoms with Crippen LogP contribution in [-0.4, -0.2) is 11.3 Å². The molecule has 0 unspecified atom stereocenters. The maximum absolute atomic E-state index is 12.1. The highest BCUT2D eigenvalue weighted by atomic mass is 19.4. The quantitative estimate of drug-likeness (QED) is 0.744. The van der Waals surface area contributed by atoms with Crippen molar-refractivity contribution in [2.45, 2.75) is 12.8 Å². The Bertz CT molecular complexity index is 423. The molecule has 0 aromatic carbocycles. The Balaban J connectivity index is 3.14. The first kappa shape index (κ1) is 12.2. The lowest BCUT2D eigenvalue weighted by atomic mass is 10.2. The number of alkyl halides is 5. The first-order valence-corrected chi connectivity index (χ1v) is 3.77. The van der Waals surface area contributed by atoms with Gasteiger partial charge < -0.3 is 4.74 Å². The third-order valence-corrected chi connectivity index (χ3v) is 1.46. The SMILES string of the molecule is N#Cc1cnc(C(F)F)cc1OC(F)(F)F. The number of nitriles is 1. The van der Waals surface area contributed by atoms with Gasteiger partial charge in [0.05, 0.1) is 0 Å². The van der Waals surface area contributed by atoms with Gasteiger partial charge >= 0.3 is 6.36 Å². The molecule has 0 bridgehead atoms. The molecule has 1 heterocycles. The number of hydrogen-bond acceptors (Lipinski definition) is 3. The molecule has 1 aromatic rings. The smallest absolute Gasteiger partial charge is 0.404 e. The summed E-state index contributed by atoms with van der Waals surface area (Å²) in [4.78, 5) is 3.12. The molecule has 0 amide bonds. The van der Waals surface area contributed by atoms with E-state index in [1.54, 1.807) is 0 Å². The van der Waals surface area contributed by atoms with E-state index in [1.165, 1.54) is 6.07 Å². The molecule has 0 atom stereocenters. The van der Waals surface area contributed by atoms with E-state index in [-0.39, 0.29) is 0 Å². The van der Waals surface area contributed by atoms with Gasteiger partial charge in [0.15, 0.2) is 5.75 Å². The molecule has 0 saturated carbocycles. The molecule has 1 aromatic heterocycles. The van der Waals surface area contributed by atoms with Crippen LogP contribution < -0.4 is 4.74 Å². The Hall–Kier alpha value is -1.91. The van der Waals surface area contributed by atoms with E-state index < -0.39 is 29.8 Å². The number of halogens is 5. The van der Waals surface area contributed by atoms with Crippen LogP contribution in [0.15, 0.2) is 12.3 Å². The van der Waals surface area contributed by atoms with Crippen molar-refractivity contribution >= 4 is 0 Å². The molecular weight excluding hydrogens is 235 g/mol. The van der Waals surface area contributed by atoms with Crippen LogP contribution in [0.1, 0.15) is 17.7 Å². The third-order valence-electron chi connectivity index (χ3n) is 1.46. The molecule has 86 valence electrons. The summed E-state index contributed by atoms with van der Waals surface area (Å²) < 4.78 is 63.2. The van der Waals surface area contributed by atoms with Crippen LogP contribution in [0.5, 0.6) is 5.75 Å². The van der Waals surface area contributed by atoms with Gasteiger partial charge in [0.25, 0.3) is 6.43 Å². The van der Waals surface area contributed by atoms with Crippen LogP contribution in [0.4, 0.5) is 22.0 Å². The highest BCUT2D eigenvalue weighted by Gasteiger charge is 2.32. The van der Waals surface area contributed by atoms with Crippen molar-refractivity contribution in [2.75, 3.05) is 0 Å². The Morgan fingerprint density at radius 1 is 1.38 bits per heavy atom. The standard InChI is InChI=1S/C8H3F5N2O/c9-7(10)5-1-6(16-8(11,12)13)4(2-14)3-15-5/h1,3,7H. The molecule has 0 radical (unpaired) electrons. The van der Waals surface area contributed by atoms with Crippen molar-refractivity contribution in [3.05, 3.63) is 23.5 Å². The van der Waals surface area contributed by atoms with Gasteiger partial charge in [-0.25, -0.2) is 8.78 Å². The van der Waals surface area contributed by atoms with E-state index in [9.17, 15) is 22.0 Å². The highest BCUT2D eigenvalue weighted by Crippen LogP contribution is 2.28. The van der Waals surface area contributed by atoms with Gasteiger partial charge in [0.2, 0.25) is 0 Å². The molecule has 0 aliphatic rings. The lowest BCUT2D eigenvalue weighted by Crippen LogP contribution is -2.18. The zero-order valence-electron chi connectivity index (χ0n) is 7.42. The largest absolute Gasteiger partial charge is 0.573 e. The average Bonchev–Trinajstić information content (AvgIpc) is 2.15. The Labute approximate surface area is 86.1 Å². The zero-order valence-corrected chi connectivity index (χ0v) is 7.42. The molecule has 3 nitrogen and oxygen atoms in total. The van der Waals surface area contributed by atoms with Crippen molar-refractivity contribution in [2.24, 2.45) is 0 Å². The predicted molar refractivity (Wildman–Crippen MR) is 40.6 cm³/mol. The maximum atomic E-state index is 12.1. The molecular formula is C8H3F5N2O. The van der Waals surface area contributed by atoms with Crippen LogP contribution in [0, 0.1) is 11.3 Å². The van der Waals surface area contributed by atoms with Crippen LogP contribution in [-0.2, 0) is 0 Å². The van der Waals surface area contributed by atoms with E-state index in [1.807, 2.05) is 0 Å². The third kappa shape index (κ3) is 3.05. The van der Waals surface area contributed by atoms with Crippen molar-refractivity contribution in [1.82, 2.24) is 4.98 Å². The van der Waals surface area contributed by atoms with E-state index in [0.29, 0.717) is 12.3 Å². The molecule has 0 saturated heterocycles. The second-order valence-electron chi connectivity index (χ2n) is 2.57. The number of pyridine rings is 1. The molecule has 0 aliphatic heterocycles. The van der Waals surface area contributed by atoms with Gasteiger partial charge in [-0.2, -0.15) is 5.26 Å². The summed E-state index contributed by atoms with van der Waals surface area (Å²) in [7, 11) is 0. The topological polar surface area (TPSA) is 45.9 Å². The monoisotopic (exact) mass is 238 g/mol. The van der Waals surface area contributed by atoms with Crippen LogP contribution in [0.25, 0.3) is 0 Å². The predicted octanol–water partition coefficient (Wildman–Crippen LogP) is 2.79. The lowest BCUT2D eigenvalue weighted by Gasteiger charge is -2.10. The van der Waals surface area contributed by atoms with Gasteiger partial charge in [-0.05, 0) is 0 Å². The van der Waals surface area contributed by atoms with Crippen LogP contribution in [0.3, 0.4) is 0 Å². The summed E-state index contributed by atoms with van der Waals surface area (Å²) in [5, 5.41) is 8.42. The zero-order chi connectivity index (χ0) is 12.3. The van der Waals surface area contributed by atoms with E-state index in [4.69, 9.17) is 5.26 Å². The van der Waals surface area contributed by atoms with E-state index >= 15 is 0 Å². The Kier molecular flexibility index (Phi) is 3.27. The van der Waals surface area contributed by atoms with Crippen molar-refractivity contribution in [3.8, 4) is 11.8 Å².